The molecule has 17 heavy (non-hydrogen) atoms. The first kappa shape index (κ1) is 12.2. The van der Waals surface area contributed by atoms with Crippen molar-refractivity contribution in [3.05, 3.63) is 40.5 Å². The maximum Gasteiger partial charge on any atom is 0.280 e. The van der Waals surface area contributed by atoms with E-state index in [0.29, 0.717) is 10.5 Å². The summed E-state index contributed by atoms with van der Waals surface area (Å²) in [6.45, 7) is 4.00. The van der Waals surface area contributed by atoms with E-state index >= 15 is 0 Å². The van der Waals surface area contributed by atoms with Gasteiger partial charge in [-0.25, -0.2) is 13.8 Å². The van der Waals surface area contributed by atoms with Gasteiger partial charge < -0.3 is 0 Å². The highest BCUT2D eigenvalue weighted by molar-refractivity contribution is 6.35. The number of nitrogens with zero attached hydrogens (tertiary/aromatic N) is 1. The van der Waals surface area contributed by atoms with Gasteiger partial charge in [0.2, 0.25) is 0 Å². The lowest BCUT2D eigenvalue weighted by molar-refractivity contribution is 0.146. The normalized spacial score (nSPS) is 11.7. The van der Waals surface area contributed by atoms with Crippen molar-refractivity contribution >= 4 is 22.5 Å². The molecule has 0 bridgehead atoms. The number of pyridine rings is 1. The second kappa shape index (κ2) is 4.57. The number of aromatic nitrogens is 1. The van der Waals surface area contributed by atoms with Crippen molar-refractivity contribution in [2.45, 2.75) is 26.2 Å². The van der Waals surface area contributed by atoms with E-state index < -0.39 is 6.43 Å². The van der Waals surface area contributed by atoms with Gasteiger partial charge in [-0.3, -0.25) is 0 Å². The van der Waals surface area contributed by atoms with Gasteiger partial charge in [-0.2, -0.15) is 0 Å². The largest absolute Gasteiger partial charge is 0.280 e. The fourth-order valence-electron chi connectivity index (χ4n) is 1.83. The Hall–Kier alpha value is -1.22. The summed E-state index contributed by atoms with van der Waals surface area (Å²) < 4.78 is 25.4. The number of para-hydroxylation sites is 1. The van der Waals surface area contributed by atoms with E-state index in [1.165, 1.54) is 6.07 Å². The lowest BCUT2D eigenvalue weighted by Gasteiger charge is -2.11. The zero-order valence-corrected chi connectivity index (χ0v) is 10.3. The highest BCUT2D eigenvalue weighted by Crippen LogP contribution is 2.31. The van der Waals surface area contributed by atoms with Gasteiger partial charge in [0.25, 0.3) is 6.43 Å². The average Bonchev–Trinajstić information content (AvgIpc) is 2.27. The van der Waals surface area contributed by atoms with Crippen LogP contribution in [0.15, 0.2) is 24.3 Å². The zero-order valence-electron chi connectivity index (χ0n) is 9.55. The summed E-state index contributed by atoms with van der Waals surface area (Å²) in [5.74, 6) is 0.218. The fourth-order valence-corrected chi connectivity index (χ4v) is 2.09. The molecular weight excluding hydrogens is 244 g/mol. The van der Waals surface area contributed by atoms with Gasteiger partial charge >= 0.3 is 0 Å². The standard InChI is InChI=1S/C13H12ClF2N/c1-7(2)8-4-3-5-9-10(14)6-11(13(15)16)17-12(8)9/h3-7,13H,1-2H3. The summed E-state index contributed by atoms with van der Waals surface area (Å²) >= 11 is 6.01. The Kier molecular flexibility index (Phi) is 3.29. The molecule has 1 heterocycles. The molecule has 0 fully saturated rings. The Labute approximate surface area is 103 Å². The smallest absolute Gasteiger partial charge is 0.246 e. The molecule has 0 N–H and O–H groups in total. The molecule has 1 nitrogen and oxygen atoms in total. The molecule has 0 atom stereocenters. The summed E-state index contributed by atoms with van der Waals surface area (Å²) in [4.78, 5) is 4.02. The zero-order chi connectivity index (χ0) is 12.6. The van der Waals surface area contributed by atoms with E-state index in [4.69, 9.17) is 11.6 Å². The van der Waals surface area contributed by atoms with E-state index in [-0.39, 0.29) is 11.6 Å². The first-order valence-electron chi connectivity index (χ1n) is 5.38. The molecule has 90 valence electrons. The Morgan fingerprint density at radius 2 is 1.94 bits per heavy atom. The van der Waals surface area contributed by atoms with Crippen molar-refractivity contribution in [3.8, 4) is 0 Å². The molecule has 2 rings (SSSR count). The third-order valence-corrected chi connectivity index (χ3v) is 3.00. The fraction of sp³-hybridized carbons (Fsp3) is 0.308. The lowest BCUT2D eigenvalue weighted by Crippen LogP contribution is -1.96. The molecule has 0 saturated carbocycles. The SMILES string of the molecule is CC(C)c1cccc2c(Cl)cc(C(F)F)nc12. The topological polar surface area (TPSA) is 12.9 Å². The second-order valence-corrected chi connectivity index (χ2v) is 4.63. The predicted molar refractivity (Wildman–Crippen MR) is 65.8 cm³/mol. The number of hydrogen-bond donors (Lipinski definition) is 0. The van der Waals surface area contributed by atoms with E-state index in [0.717, 1.165) is 10.9 Å². The maximum atomic E-state index is 12.7. The molecule has 2 aromatic rings. The number of rotatable bonds is 2. The summed E-state index contributed by atoms with van der Waals surface area (Å²) in [5.41, 5.74) is 1.24. The molecule has 0 radical (unpaired) electrons. The van der Waals surface area contributed by atoms with Crippen molar-refractivity contribution in [1.29, 1.82) is 0 Å². The van der Waals surface area contributed by atoms with Crippen molar-refractivity contribution < 1.29 is 8.78 Å². The summed E-state index contributed by atoms with van der Waals surface area (Å²) in [6.07, 6.45) is -2.60. The highest BCUT2D eigenvalue weighted by atomic mass is 35.5. The Bertz CT molecular complexity index is 552. The average molecular weight is 256 g/mol. The Balaban J connectivity index is 2.78. The minimum Gasteiger partial charge on any atom is -0.246 e. The van der Waals surface area contributed by atoms with Gasteiger partial charge in [0.05, 0.1) is 10.5 Å². The number of fused-ring (bicyclic) bond motifs is 1. The molecule has 0 unspecified atom stereocenters. The molecular formula is C13H12ClF2N. The van der Waals surface area contributed by atoms with Gasteiger partial charge in [0.1, 0.15) is 5.69 Å². The molecule has 4 heteroatoms. The maximum absolute atomic E-state index is 12.7. The van der Waals surface area contributed by atoms with Crippen LogP contribution in [0, 0.1) is 0 Å². The highest BCUT2D eigenvalue weighted by Gasteiger charge is 2.15. The van der Waals surface area contributed by atoms with Gasteiger partial charge in [-0.15, -0.1) is 0 Å². The second-order valence-electron chi connectivity index (χ2n) is 4.23. The third kappa shape index (κ3) is 2.25. The minimum absolute atomic E-state index is 0.218. The number of halogens is 3. The minimum atomic E-state index is -2.60. The first-order valence-corrected chi connectivity index (χ1v) is 5.75. The summed E-state index contributed by atoms with van der Waals surface area (Å²) in [6, 6.07) is 6.79. The van der Waals surface area contributed by atoms with Crippen LogP contribution < -0.4 is 0 Å². The van der Waals surface area contributed by atoms with Crippen LogP contribution >= 0.6 is 11.6 Å². The molecule has 0 aliphatic carbocycles. The van der Waals surface area contributed by atoms with Crippen molar-refractivity contribution in [2.75, 3.05) is 0 Å². The van der Waals surface area contributed by atoms with Crippen LogP contribution in [0.25, 0.3) is 10.9 Å². The molecule has 0 saturated heterocycles. The van der Waals surface area contributed by atoms with Gasteiger partial charge in [0.15, 0.2) is 0 Å². The summed E-state index contributed by atoms with van der Waals surface area (Å²) in [5, 5.41) is 1.05. The third-order valence-electron chi connectivity index (χ3n) is 2.69. The Morgan fingerprint density at radius 1 is 1.24 bits per heavy atom. The van der Waals surface area contributed by atoms with Gasteiger partial charge in [0, 0.05) is 5.39 Å². The van der Waals surface area contributed by atoms with E-state index in [1.807, 2.05) is 26.0 Å². The Morgan fingerprint density at radius 3 is 2.53 bits per heavy atom. The number of benzene rings is 1. The summed E-state index contributed by atoms with van der Waals surface area (Å²) in [7, 11) is 0. The quantitative estimate of drug-likeness (QED) is 0.740. The molecule has 0 aliphatic heterocycles. The monoisotopic (exact) mass is 255 g/mol. The first-order chi connectivity index (χ1) is 8.00. The molecule has 1 aromatic carbocycles. The molecule has 0 aliphatic rings. The van der Waals surface area contributed by atoms with Crippen LogP contribution in [0.1, 0.15) is 37.4 Å². The van der Waals surface area contributed by atoms with Crippen molar-refractivity contribution in [2.24, 2.45) is 0 Å². The van der Waals surface area contributed by atoms with E-state index in [9.17, 15) is 8.78 Å². The predicted octanol–water partition coefficient (Wildman–Crippen LogP) is 4.95. The van der Waals surface area contributed by atoms with Crippen molar-refractivity contribution in [1.82, 2.24) is 4.98 Å². The lowest BCUT2D eigenvalue weighted by atomic mass is 9.99. The number of alkyl halides is 2. The van der Waals surface area contributed by atoms with Crippen LogP contribution in [0.2, 0.25) is 5.02 Å². The van der Waals surface area contributed by atoms with Gasteiger partial charge in [-0.05, 0) is 17.5 Å². The van der Waals surface area contributed by atoms with Gasteiger partial charge in [-0.1, -0.05) is 43.6 Å². The van der Waals surface area contributed by atoms with Crippen LogP contribution in [0.5, 0.6) is 0 Å². The van der Waals surface area contributed by atoms with Crippen LogP contribution in [-0.4, -0.2) is 4.98 Å². The van der Waals surface area contributed by atoms with Crippen LogP contribution in [0.3, 0.4) is 0 Å². The van der Waals surface area contributed by atoms with Crippen LogP contribution in [0.4, 0.5) is 8.78 Å². The van der Waals surface area contributed by atoms with Crippen molar-refractivity contribution in [3.63, 3.8) is 0 Å². The van der Waals surface area contributed by atoms with Crippen LogP contribution in [-0.2, 0) is 0 Å². The molecule has 1 aromatic heterocycles. The van der Waals surface area contributed by atoms with E-state index in [2.05, 4.69) is 4.98 Å². The van der Waals surface area contributed by atoms with E-state index in [1.54, 1.807) is 6.07 Å². The number of hydrogen-bond acceptors (Lipinski definition) is 1. The molecule has 0 amide bonds. The molecule has 0 spiro atoms.